The van der Waals surface area contributed by atoms with E-state index in [0.717, 1.165) is 10.0 Å². The molecule has 1 heterocycles. The lowest BCUT2D eigenvalue weighted by molar-refractivity contribution is 0.487. The van der Waals surface area contributed by atoms with Crippen LogP contribution in [0.25, 0.3) is 0 Å². The molecule has 0 aliphatic heterocycles. The van der Waals surface area contributed by atoms with Gasteiger partial charge in [0.1, 0.15) is 10.0 Å². The summed E-state index contributed by atoms with van der Waals surface area (Å²) in [6, 6.07) is 0.597. The second-order valence-electron chi connectivity index (χ2n) is 4.71. The molecule has 1 aromatic rings. The third kappa shape index (κ3) is 4.04. The van der Waals surface area contributed by atoms with E-state index in [1.54, 1.807) is 11.3 Å². The Morgan fingerprint density at radius 2 is 2.17 bits per heavy atom. The summed E-state index contributed by atoms with van der Waals surface area (Å²) < 4.78 is 0. The Morgan fingerprint density at radius 3 is 2.67 bits per heavy atom. The van der Waals surface area contributed by atoms with E-state index in [1.807, 2.05) is 11.9 Å². The third-order valence-electron chi connectivity index (χ3n) is 2.81. The van der Waals surface area contributed by atoms with Gasteiger partial charge in [0.25, 0.3) is 0 Å². The van der Waals surface area contributed by atoms with Gasteiger partial charge >= 0.3 is 0 Å². The first-order chi connectivity index (χ1) is 8.08. The largest absolute Gasteiger partial charge is 0.370 e. The number of nitrogens with two attached hydrogens (primary N) is 1. The highest BCUT2D eigenvalue weighted by molar-refractivity contribution is 14.0. The van der Waals surface area contributed by atoms with Crippen molar-refractivity contribution in [1.29, 1.82) is 0 Å². The SMILES string of the molecule is CC(C)c1nnc(CN=C(N)N(C)C2CC2)s1.I. The number of aromatic nitrogens is 2. The van der Waals surface area contributed by atoms with Crippen LogP contribution in [0.2, 0.25) is 0 Å². The van der Waals surface area contributed by atoms with Crippen molar-refractivity contribution in [3.8, 4) is 0 Å². The fourth-order valence-electron chi connectivity index (χ4n) is 1.47. The number of aliphatic imine (C=N–C) groups is 1. The van der Waals surface area contributed by atoms with Crippen LogP contribution in [-0.2, 0) is 6.54 Å². The molecular formula is C11H20IN5S. The monoisotopic (exact) mass is 381 g/mol. The van der Waals surface area contributed by atoms with Crippen LogP contribution in [0, 0.1) is 0 Å². The van der Waals surface area contributed by atoms with Crippen molar-refractivity contribution in [2.24, 2.45) is 10.7 Å². The lowest BCUT2D eigenvalue weighted by atomic mass is 10.2. The molecule has 102 valence electrons. The van der Waals surface area contributed by atoms with Gasteiger partial charge in [0.15, 0.2) is 5.96 Å². The fraction of sp³-hybridized carbons (Fsp3) is 0.727. The average Bonchev–Trinajstić information content (AvgIpc) is 3.03. The summed E-state index contributed by atoms with van der Waals surface area (Å²) in [5.41, 5.74) is 5.90. The number of nitrogens with zero attached hydrogens (tertiary/aromatic N) is 4. The van der Waals surface area contributed by atoms with Crippen molar-refractivity contribution >= 4 is 41.3 Å². The second-order valence-corrected chi connectivity index (χ2v) is 5.80. The van der Waals surface area contributed by atoms with Crippen LogP contribution >= 0.6 is 35.3 Å². The highest BCUT2D eigenvalue weighted by Crippen LogP contribution is 2.25. The zero-order valence-corrected chi connectivity index (χ0v) is 14.1. The first kappa shape index (κ1) is 15.6. The molecule has 0 atom stereocenters. The lowest BCUT2D eigenvalue weighted by Crippen LogP contribution is -2.35. The summed E-state index contributed by atoms with van der Waals surface area (Å²) >= 11 is 1.62. The minimum atomic E-state index is 0. The van der Waals surface area contributed by atoms with Crippen molar-refractivity contribution in [2.75, 3.05) is 7.05 Å². The normalized spacial score (nSPS) is 15.7. The molecule has 1 fully saturated rings. The van der Waals surface area contributed by atoms with Gasteiger partial charge < -0.3 is 10.6 Å². The topological polar surface area (TPSA) is 67.4 Å². The molecule has 0 unspecified atom stereocenters. The zero-order chi connectivity index (χ0) is 12.4. The van der Waals surface area contributed by atoms with Crippen LogP contribution in [0.1, 0.15) is 42.6 Å². The maximum Gasteiger partial charge on any atom is 0.191 e. The van der Waals surface area contributed by atoms with Gasteiger partial charge in [0.05, 0.1) is 6.54 Å². The van der Waals surface area contributed by atoms with E-state index in [4.69, 9.17) is 5.73 Å². The summed E-state index contributed by atoms with van der Waals surface area (Å²) in [4.78, 5) is 6.40. The van der Waals surface area contributed by atoms with Crippen LogP contribution in [-0.4, -0.2) is 34.1 Å². The van der Waals surface area contributed by atoms with Crippen molar-refractivity contribution < 1.29 is 0 Å². The van der Waals surface area contributed by atoms with Crippen molar-refractivity contribution in [3.63, 3.8) is 0 Å². The molecule has 18 heavy (non-hydrogen) atoms. The summed E-state index contributed by atoms with van der Waals surface area (Å²) in [5.74, 6) is 1.03. The van der Waals surface area contributed by atoms with Gasteiger partial charge in [-0.05, 0) is 12.8 Å². The van der Waals surface area contributed by atoms with E-state index in [9.17, 15) is 0 Å². The molecule has 0 amide bonds. The molecule has 0 radical (unpaired) electrons. The average molecular weight is 381 g/mol. The van der Waals surface area contributed by atoms with Gasteiger partial charge in [0, 0.05) is 19.0 Å². The summed E-state index contributed by atoms with van der Waals surface area (Å²) in [7, 11) is 2.00. The van der Waals surface area contributed by atoms with Crippen LogP contribution in [0.5, 0.6) is 0 Å². The number of guanidine groups is 1. The molecule has 0 saturated heterocycles. The Morgan fingerprint density at radius 1 is 1.50 bits per heavy atom. The Balaban J connectivity index is 0.00000162. The summed E-state index contributed by atoms with van der Waals surface area (Å²) in [6.07, 6.45) is 2.45. The summed E-state index contributed by atoms with van der Waals surface area (Å²) in [5, 5.41) is 10.2. The standard InChI is InChI=1S/C11H19N5S.HI/c1-7(2)10-15-14-9(17-10)6-13-11(12)16(3)8-4-5-8;/h7-8H,4-6H2,1-3H3,(H2,12,13);1H. The number of hydrogen-bond acceptors (Lipinski definition) is 4. The van der Waals surface area contributed by atoms with Gasteiger partial charge in [-0.3, -0.25) is 0 Å². The van der Waals surface area contributed by atoms with Crippen LogP contribution in [0.15, 0.2) is 4.99 Å². The molecule has 1 aromatic heterocycles. The number of rotatable bonds is 4. The number of hydrogen-bond donors (Lipinski definition) is 1. The van der Waals surface area contributed by atoms with Gasteiger partial charge in [-0.15, -0.1) is 34.2 Å². The zero-order valence-electron chi connectivity index (χ0n) is 11.0. The van der Waals surface area contributed by atoms with Gasteiger partial charge in [-0.1, -0.05) is 25.2 Å². The molecule has 0 bridgehead atoms. The quantitative estimate of drug-likeness (QED) is 0.493. The summed E-state index contributed by atoms with van der Waals surface area (Å²) in [6.45, 7) is 4.76. The Bertz CT molecular complexity index is 413. The predicted molar refractivity (Wildman–Crippen MR) is 85.5 cm³/mol. The van der Waals surface area contributed by atoms with E-state index < -0.39 is 0 Å². The van der Waals surface area contributed by atoms with E-state index >= 15 is 0 Å². The maximum absolute atomic E-state index is 5.90. The molecule has 1 saturated carbocycles. The molecule has 2 N–H and O–H groups in total. The van der Waals surface area contributed by atoms with Gasteiger partial charge in [-0.2, -0.15) is 0 Å². The molecule has 0 spiro atoms. The van der Waals surface area contributed by atoms with Crippen LogP contribution in [0.3, 0.4) is 0 Å². The minimum absolute atomic E-state index is 0. The highest BCUT2D eigenvalue weighted by Gasteiger charge is 2.27. The molecule has 0 aromatic carbocycles. The number of halogens is 1. The smallest absolute Gasteiger partial charge is 0.191 e. The predicted octanol–water partition coefficient (Wildman–Crippen LogP) is 2.19. The molecule has 2 rings (SSSR count). The fourth-order valence-corrected chi connectivity index (χ4v) is 2.24. The maximum atomic E-state index is 5.90. The first-order valence-corrected chi connectivity index (χ1v) is 6.74. The first-order valence-electron chi connectivity index (χ1n) is 5.93. The Kier molecular flexibility index (Phi) is 5.77. The highest BCUT2D eigenvalue weighted by atomic mass is 127. The van der Waals surface area contributed by atoms with E-state index in [1.165, 1.54) is 12.8 Å². The minimum Gasteiger partial charge on any atom is -0.370 e. The molecule has 7 heteroatoms. The molecule has 1 aliphatic rings. The van der Waals surface area contributed by atoms with E-state index in [2.05, 4.69) is 29.0 Å². The van der Waals surface area contributed by atoms with E-state index in [-0.39, 0.29) is 24.0 Å². The van der Waals surface area contributed by atoms with Crippen molar-refractivity contribution in [1.82, 2.24) is 15.1 Å². The van der Waals surface area contributed by atoms with Crippen LogP contribution < -0.4 is 5.73 Å². The molecular weight excluding hydrogens is 361 g/mol. The molecule has 1 aliphatic carbocycles. The van der Waals surface area contributed by atoms with Crippen molar-refractivity contribution in [2.45, 2.75) is 45.2 Å². The lowest BCUT2D eigenvalue weighted by Gasteiger charge is -2.16. The van der Waals surface area contributed by atoms with E-state index in [0.29, 0.717) is 24.5 Å². The van der Waals surface area contributed by atoms with Gasteiger partial charge in [0.2, 0.25) is 0 Å². The van der Waals surface area contributed by atoms with Crippen molar-refractivity contribution in [3.05, 3.63) is 10.0 Å². The Labute approximate surface area is 129 Å². The third-order valence-corrected chi connectivity index (χ3v) is 4.02. The Hall–Kier alpha value is -0.440. The molecule has 5 nitrogen and oxygen atoms in total. The second kappa shape index (κ2) is 6.65. The van der Waals surface area contributed by atoms with Gasteiger partial charge in [-0.25, -0.2) is 4.99 Å². The van der Waals surface area contributed by atoms with Crippen LogP contribution in [0.4, 0.5) is 0 Å².